The summed E-state index contributed by atoms with van der Waals surface area (Å²) in [6.45, 7) is 0. The van der Waals surface area contributed by atoms with Gasteiger partial charge in [0.2, 0.25) is 0 Å². The molecule has 0 bridgehead atoms. The van der Waals surface area contributed by atoms with Gasteiger partial charge >= 0.3 is 59.1 Å². The summed E-state index contributed by atoms with van der Waals surface area (Å²) in [6.07, 6.45) is 3.55. The average molecular weight is 536 g/mol. The molecular weight excluding hydrogens is 520 g/mol. The number of phosphoric acid groups is 1. The molecular formula is C17H16INa2O7P. The third-order valence-electron chi connectivity index (χ3n) is 3.32. The number of phosphoric ester groups is 1. The van der Waals surface area contributed by atoms with Crippen molar-refractivity contribution in [2.24, 2.45) is 0 Å². The van der Waals surface area contributed by atoms with Gasteiger partial charge in [-0.2, -0.15) is 0 Å². The number of methoxy groups -OCH3 is 3. The van der Waals surface area contributed by atoms with E-state index in [0.717, 1.165) is 9.13 Å². The Labute approximate surface area is 221 Å². The molecule has 28 heavy (non-hydrogen) atoms. The van der Waals surface area contributed by atoms with E-state index < -0.39 is 7.82 Å². The summed E-state index contributed by atoms with van der Waals surface area (Å²) >= 11 is 2.14. The predicted molar refractivity (Wildman–Crippen MR) is 102 cm³/mol. The van der Waals surface area contributed by atoms with E-state index in [9.17, 15) is 14.4 Å². The first kappa shape index (κ1) is 28.3. The molecule has 0 radical (unpaired) electrons. The van der Waals surface area contributed by atoms with Crippen LogP contribution in [0.15, 0.2) is 30.3 Å². The Morgan fingerprint density at radius 1 is 0.857 bits per heavy atom. The summed E-state index contributed by atoms with van der Waals surface area (Å²) in [5.41, 5.74) is 1.47. The zero-order chi connectivity index (χ0) is 19.3. The number of benzene rings is 2. The zero-order valence-corrected chi connectivity index (χ0v) is 23.3. The van der Waals surface area contributed by atoms with Gasteiger partial charge in [-0.05, 0) is 58.0 Å². The minimum atomic E-state index is -5.19. The number of rotatable bonds is 7. The van der Waals surface area contributed by atoms with Crippen LogP contribution in [-0.4, -0.2) is 21.3 Å². The fourth-order valence-corrected chi connectivity index (χ4v) is 3.44. The van der Waals surface area contributed by atoms with E-state index in [-0.39, 0.29) is 70.6 Å². The van der Waals surface area contributed by atoms with E-state index in [1.54, 1.807) is 26.4 Å². The largest absolute Gasteiger partial charge is 1.00 e. The third kappa shape index (κ3) is 8.18. The Morgan fingerprint density at radius 3 is 1.96 bits per heavy atom. The summed E-state index contributed by atoms with van der Waals surface area (Å²) in [5, 5.41) is 0. The van der Waals surface area contributed by atoms with Crippen LogP contribution in [0.5, 0.6) is 23.0 Å². The first-order valence-corrected chi connectivity index (χ1v) is 9.80. The SMILES string of the molecule is COc1ccc(/C=C\c2cc(I)c(OC)c(OC)c2)cc1OP(=O)([O-])[O-].[Na+].[Na+]. The first-order valence-electron chi connectivity index (χ1n) is 7.26. The molecule has 0 aromatic heterocycles. The van der Waals surface area contributed by atoms with Crippen LogP contribution < -0.4 is 87.6 Å². The van der Waals surface area contributed by atoms with E-state index in [1.807, 2.05) is 18.2 Å². The normalized spacial score (nSPS) is 10.6. The molecule has 2 rings (SSSR count). The van der Waals surface area contributed by atoms with Crippen molar-refractivity contribution in [1.29, 1.82) is 0 Å². The van der Waals surface area contributed by atoms with Crippen molar-refractivity contribution in [3.8, 4) is 23.0 Å². The Balaban J connectivity index is 0.00000364. The van der Waals surface area contributed by atoms with Gasteiger partial charge in [0.15, 0.2) is 23.0 Å². The standard InChI is InChI=1S/C17H18IO7P.2Na/c1-22-14-7-6-11(9-15(14)25-26(19,20)21)4-5-12-8-13(18)17(24-3)16(10-12)23-2;;/h4-10H,1-3H3,(H2,19,20,21);;/q;2*+1/p-2/b5-4-;;. The van der Waals surface area contributed by atoms with E-state index in [1.165, 1.54) is 19.2 Å². The number of hydrogen-bond acceptors (Lipinski definition) is 7. The van der Waals surface area contributed by atoms with Crippen molar-refractivity contribution < 1.29 is 92.2 Å². The molecule has 140 valence electrons. The molecule has 0 unspecified atom stereocenters. The molecule has 7 nitrogen and oxygen atoms in total. The second kappa shape index (κ2) is 12.8. The van der Waals surface area contributed by atoms with Gasteiger partial charge in [0, 0.05) is 0 Å². The van der Waals surface area contributed by atoms with Crippen LogP contribution in [0.25, 0.3) is 12.2 Å². The Bertz CT molecular complexity index is 871. The van der Waals surface area contributed by atoms with Crippen molar-refractivity contribution in [1.82, 2.24) is 0 Å². The minimum Gasteiger partial charge on any atom is -0.780 e. The van der Waals surface area contributed by atoms with Gasteiger partial charge in [0.05, 0.1) is 24.9 Å². The maximum Gasteiger partial charge on any atom is 1.00 e. The maximum atomic E-state index is 10.9. The Hall–Kier alpha value is 0.260. The molecule has 11 heteroatoms. The fraction of sp³-hybridized carbons (Fsp3) is 0.176. The molecule has 0 saturated carbocycles. The molecule has 0 heterocycles. The van der Waals surface area contributed by atoms with E-state index in [2.05, 4.69) is 27.1 Å². The van der Waals surface area contributed by atoms with Crippen LogP contribution in [-0.2, 0) is 4.57 Å². The molecule has 0 atom stereocenters. The smallest absolute Gasteiger partial charge is 0.780 e. The second-order valence-corrected chi connectivity index (χ2v) is 7.26. The predicted octanol–water partition coefficient (Wildman–Crippen LogP) is -3.30. The molecule has 2 aromatic rings. The van der Waals surface area contributed by atoms with Crippen molar-refractivity contribution in [3.05, 3.63) is 45.0 Å². The van der Waals surface area contributed by atoms with Crippen LogP contribution in [0.4, 0.5) is 0 Å². The molecule has 0 fully saturated rings. The second-order valence-electron chi connectivity index (χ2n) is 5.02. The number of ether oxygens (including phenoxy) is 3. The Kier molecular flexibility index (Phi) is 13.0. The summed E-state index contributed by atoms with van der Waals surface area (Å²) in [7, 11) is -0.713. The summed E-state index contributed by atoms with van der Waals surface area (Å²) in [6, 6.07) is 8.34. The van der Waals surface area contributed by atoms with Gasteiger partial charge in [-0.25, -0.2) is 0 Å². The van der Waals surface area contributed by atoms with Gasteiger partial charge in [0.25, 0.3) is 0 Å². The van der Waals surface area contributed by atoms with E-state index >= 15 is 0 Å². The first-order chi connectivity index (χ1) is 12.3. The molecule has 0 aliphatic carbocycles. The molecule has 0 spiro atoms. The molecule has 0 N–H and O–H groups in total. The molecule has 0 saturated heterocycles. The average Bonchev–Trinajstić information content (AvgIpc) is 2.58. The van der Waals surface area contributed by atoms with Crippen molar-refractivity contribution in [3.63, 3.8) is 0 Å². The van der Waals surface area contributed by atoms with E-state index in [4.69, 9.17) is 14.2 Å². The summed E-state index contributed by atoms with van der Waals surface area (Å²) in [4.78, 5) is 21.8. The Morgan fingerprint density at radius 2 is 1.43 bits per heavy atom. The van der Waals surface area contributed by atoms with Gasteiger partial charge in [-0.1, -0.05) is 18.2 Å². The quantitative estimate of drug-likeness (QED) is 0.158. The minimum absolute atomic E-state index is 0. The van der Waals surface area contributed by atoms with Gasteiger partial charge in [0.1, 0.15) is 7.82 Å². The fourth-order valence-electron chi connectivity index (χ4n) is 2.22. The number of hydrogen-bond donors (Lipinski definition) is 0. The number of halogens is 1. The van der Waals surface area contributed by atoms with Crippen LogP contribution in [0, 0.1) is 3.57 Å². The van der Waals surface area contributed by atoms with Gasteiger partial charge in [-0.15, -0.1) is 0 Å². The van der Waals surface area contributed by atoms with Crippen molar-refractivity contribution >= 4 is 42.6 Å². The molecule has 0 aliphatic rings. The summed E-state index contributed by atoms with van der Waals surface area (Å²) in [5.74, 6) is 1.23. The van der Waals surface area contributed by atoms with Crippen molar-refractivity contribution in [2.45, 2.75) is 0 Å². The monoisotopic (exact) mass is 536 g/mol. The zero-order valence-electron chi connectivity index (χ0n) is 16.2. The van der Waals surface area contributed by atoms with Crippen molar-refractivity contribution in [2.75, 3.05) is 21.3 Å². The summed E-state index contributed by atoms with van der Waals surface area (Å²) < 4.78 is 31.8. The van der Waals surface area contributed by atoms with Gasteiger partial charge in [-0.3, -0.25) is 0 Å². The van der Waals surface area contributed by atoms with Crippen LogP contribution >= 0.6 is 30.4 Å². The van der Waals surface area contributed by atoms with Crippen LogP contribution in [0.1, 0.15) is 11.1 Å². The van der Waals surface area contributed by atoms with Gasteiger partial charge < -0.3 is 33.1 Å². The molecule has 2 aromatic carbocycles. The van der Waals surface area contributed by atoms with Crippen LogP contribution in [0.3, 0.4) is 0 Å². The van der Waals surface area contributed by atoms with Crippen LogP contribution in [0.2, 0.25) is 0 Å². The molecule has 0 aliphatic heterocycles. The topological polar surface area (TPSA) is 100 Å². The third-order valence-corrected chi connectivity index (χ3v) is 4.54. The molecule has 0 amide bonds. The van der Waals surface area contributed by atoms with E-state index in [0.29, 0.717) is 17.1 Å². The maximum absolute atomic E-state index is 10.9.